The molecule has 1 unspecified atom stereocenters. The van der Waals surface area contributed by atoms with E-state index in [-0.39, 0.29) is 11.5 Å². The number of amides is 1. The van der Waals surface area contributed by atoms with Crippen LogP contribution in [0.2, 0.25) is 0 Å². The lowest BCUT2D eigenvalue weighted by Crippen LogP contribution is -2.38. The average Bonchev–Trinajstić information content (AvgIpc) is 2.00. The Morgan fingerprint density at radius 1 is 1.57 bits per heavy atom. The van der Waals surface area contributed by atoms with Gasteiger partial charge >= 0.3 is 0 Å². The van der Waals surface area contributed by atoms with Crippen molar-refractivity contribution in [2.75, 3.05) is 12.8 Å². The fourth-order valence-electron chi connectivity index (χ4n) is 0.647. The van der Waals surface area contributed by atoms with Crippen LogP contribution in [0.4, 0.5) is 0 Å². The summed E-state index contributed by atoms with van der Waals surface area (Å²) in [6, 6.07) is 0. The van der Waals surface area contributed by atoms with Crippen LogP contribution < -0.4 is 11.1 Å². The highest BCUT2D eigenvalue weighted by molar-refractivity contribution is 7.92. The van der Waals surface area contributed by atoms with E-state index in [9.17, 15) is 13.2 Å². The predicted octanol–water partition coefficient (Wildman–Crippen LogP) is -0.788. The molecule has 0 saturated heterocycles. The summed E-state index contributed by atoms with van der Waals surface area (Å²) < 4.78 is 21.9. The van der Waals surface area contributed by atoms with Crippen LogP contribution >= 0.6 is 12.2 Å². The van der Waals surface area contributed by atoms with E-state index in [2.05, 4.69) is 17.5 Å². The van der Waals surface area contributed by atoms with Gasteiger partial charge in [-0.1, -0.05) is 12.2 Å². The molecular weight excluding hydrogens is 224 g/mol. The molecule has 0 aromatic carbocycles. The minimum absolute atomic E-state index is 0.272. The van der Waals surface area contributed by atoms with E-state index < -0.39 is 21.0 Å². The minimum Gasteiger partial charge on any atom is -0.393 e. The second kappa shape index (κ2) is 5.26. The summed E-state index contributed by atoms with van der Waals surface area (Å²) in [7, 11) is -3.33. The van der Waals surface area contributed by atoms with Gasteiger partial charge in [0.05, 0.1) is 4.99 Å². The SMILES string of the molecule is CC(C(=O)NCCC(N)=S)S(C)(=O)=O. The number of carbonyl (C=O) groups is 1. The Kier molecular flexibility index (Phi) is 5.00. The quantitative estimate of drug-likeness (QED) is 0.613. The third-order valence-electron chi connectivity index (χ3n) is 1.68. The standard InChI is InChI=1S/C7H14N2O3S2/c1-5(14(2,11)12)7(10)9-4-3-6(8)13/h5H,3-4H2,1-2H3,(H2,8,13)(H,9,10). The smallest absolute Gasteiger partial charge is 0.238 e. The molecule has 0 saturated carbocycles. The van der Waals surface area contributed by atoms with Gasteiger partial charge in [0.1, 0.15) is 5.25 Å². The molecule has 0 heterocycles. The fraction of sp³-hybridized carbons (Fsp3) is 0.714. The molecule has 0 rings (SSSR count). The first-order chi connectivity index (χ1) is 6.25. The largest absolute Gasteiger partial charge is 0.393 e. The maximum absolute atomic E-state index is 11.2. The molecular formula is C7H14N2O3S2. The molecule has 0 spiro atoms. The molecule has 0 fully saturated rings. The van der Waals surface area contributed by atoms with Crippen molar-refractivity contribution >= 4 is 33.0 Å². The molecule has 0 aliphatic carbocycles. The second-order valence-corrected chi connectivity index (χ2v) is 5.87. The second-order valence-electron chi connectivity index (χ2n) is 2.98. The number of rotatable bonds is 5. The van der Waals surface area contributed by atoms with Gasteiger partial charge in [-0.05, 0) is 6.92 Å². The van der Waals surface area contributed by atoms with Crippen LogP contribution in [0.15, 0.2) is 0 Å². The van der Waals surface area contributed by atoms with Crippen molar-refractivity contribution in [3.05, 3.63) is 0 Å². The number of nitrogens with one attached hydrogen (secondary N) is 1. The summed E-state index contributed by atoms with van der Waals surface area (Å²) in [6.45, 7) is 1.61. The molecule has 5 nitrogen and oxygen atoms in total. The molecule has 0 aromatic heterocycles. The van der Waals surface area contributed by atoms with Crippen molar-refractivity contribution in [1.82, 2.24) is 5.32 Å². The highest BCUT2D eigenvalue weighted by Crippen LogP contribution is 1.97. The molecule has 0 bridgehead atoms. The van der Waals surface area contributed by atoms with Crippen molar-refractivity contribution in [1.29, 1.82) is 0 Å². The maximum Gasteiger partial charge on any atom is 0.238 e. The summed E-state index contributed by atoms with van der Waals surface area (Å²) in [5, 5.41) is 1.40. The number of sulfone groups is 1. The molecule has 0 aromatic rings. The Labute approximate surface area is 89.0 Å². The third kappa shape index (κ3) is 5.13. The van der Waals surface area contributed by atoms with E-state index in [0.29, 0.717) is 6.42 Å². The summed E-state index contributed by atoms with van der Waals surface area (Å²) >= 11 is 4.59. The van der Waals surface area contributed by atoms with E-state index in [0.717, 1.165) is 6.26 Å². The number of hydrogen-bond acceptors (Lipinski definition) is 4. The number of hydrogen-bond donors (Lipinski definition) is 2. The Hall–Kier alpha value is -0.690. The highest BCUT2D eigenvalue weighted by atomic mass is 32.2. The fourth-order valence-corrected chi connectivity index (χ4v) is 1.22. The first-order valence-electron chi connectivity index (χ1n) is 4.00. The zero-order valence-electron chi connectivity index (χ0n) is 8.11. The Balaban J connectivity index is 4.04. The van der Waals surface area contributed by atoms with Gasteiger partial charge in [-0.25, -0.2) is 8.42 Å². The lowest BCUT2D eigenvalue weighted by molar-refractivity contribution is -0.120. The van der Waals surface area contributed by atoms with Gasteiger partial charge in [0.2, 0.25) is 5.91 Å². The molecule has 82 valence electrons. The Morgan fingerprint density at radius 2 is 2.07 bits per heavy atom. The van der Waals surface area contributed by atoms with Crippen LogP contribution in [0, 0.1) is 0 Å². The molecule has 0 radical (unpaired) electrons. The highest BCUT2D eigenvalue weighted by Gasteiger charge is 2.22. The van der Waals surface area contributed by atoms with Crippen LogP contribution in [-0.4, -0.2) is 37.4 Å². The van der Waals surface area contributed by atoms with Crippen molar-refractivity contribution in [2.24, 2.45) is 5.73 Å². The number of nitrogens with two attached hydrogens (primary N) is 1. The predicted molar refractivity (Wildman–Crippen MR) is 58.7 cm³/mol. The van der Waals surface area contributed by atoms with Gasteiger partial charge in [-0.15, -0.1) is 0 Å². The van der Waals surface area contributed by atoms with Crippen molar-refractivity contribution in [3.8, 4) is 0 Å². The van der Waals surface area contributed by atoms with E-state index in [1.807, 2.05) is 0 Å². The van der Waals surface area contributed by atoms with Gasteiger partial charge in [0.25, 0.3) is 0 Å². The number of carbonyl (C=O) groups excluding carboxylic acids is 1. The lowest BCUT2D eigenvalue weighted by Gasteiger charge is -2.09. The normalized spacial score (nSPS) is 13.3. The minimum atomic E-state index is -3.33. The molecule has 1 amide bonds. The zero-order chi connectivity index (χ0) is 11.4. The van der Waals surface area contributed by atoms with Crippen molar-refractivity contribution in [2.45, 2.75) is 18.6 Å². The van der Waals surface area contributed by atoms with Crippen LogP contribution in [0.1, 0.15) is 13.3 Å². The average molecular weight is 238 g/mol. The monoisotopic (exact) mass is 238 g/mol. The Bertz CT molecular complexity index is 324. The van der Waals surface area contributed by atoms with Gasteiger partial charge in [0.15, 0.2) is 9.84 Å². The summed E-state index contributed by atoms with van der Waals surface area (Å²) in [5.74, 6) is -0.524. The van der Waals surface area contributed by atoms with E-state index in [1.165, 1.54) is 6.92 Å². The van der Waals surface area contributed by atoms with Crippen molar-refractivity contribution < 1.29 is 13.2 Å². The van der Waals surface area contributed by atoms with Gasteiger partial charge in [0, 0.05) is 19.2 Å². The van der Waals surface area contributed by atoms with Crippen molar-refractivity contribution in [3.63, 3.8) is 0 Å². The molecule has 3 N–H and O–H groups in total. The number of thiocarbonyl (C=S) groups is 1. The molecule has 0 aliphatic heterocycles. The molecule has 7 heteroatoms. The van der Waals surface area contributed by atoms with Gasteiger partial charge in [-0.2, -0.15) is 0 Å². The van der Waals surface area contributed by atoms with E-state index in [4.69, 9.17) is 5.73 Å². The van der Waals surface area contributed by atoms with Crippen LogP contribution in [-0.2, 0) is 14.6 Å². The van der Waals surface area contributed by atoms with Crippen LogP contribution in [0.3, 0.4) is 0 Å². The van der Waals surface area contributed by atoms with Gasteiger partial charge in [-0.3, -0.25) is 4.79 Å². The topological polar surface area (TPSA) is 89.3 Å². The zero-order valence-corrected chi connectivity index (χ0v) is 9.74. The van der Waals surface area contributed by atoms with Gasteiger partial charge < -0.3 is 11.1 Å². The first-order valence-corrected chi connectivity index (χ1v) is 6.36. The molecule has 1 atom stereocenters. The summed E-state index contributed by atoms with van der Waals surface area (Å²) in [6.07, 6.45) is 1.39. The molecule has 0 aliphatic rings. The van der Waals surface area contributed by atoms with E-state index >= 15 is 0 Å². The third-order valence-corrected chi connectivity index (χ3v) is 3.38. The summed E-state index contributed by atoms with van der Waals surface area (Å²) in [4.78, 5) is 11.5. The lowest BCUT2D eigenvalue weighted by atomic mass is 10.4. The maximum atomic E-state index is 11.2. The van der Waals surface area contributed by atoms with Crippen LogP contribution in [0.25, 0.3) is 0 Å². The van der Waals surface area contributed by atoms with E-state index in [1.54, 1.807) is 0 Å². The molecule has 14 heavy (non-hydrogen) atoms. The van der Waals surface area contributed by atoms with Crippen LogP contribution in [0.5, 0.6) is 0 Å². The first kappa shape index (κ1) is 13.3. The summed E-state index contributed by atoms with van der Waals surface area (Å²) in [5.41, 5.74) is 5.20. The Morgan fingerprint density at radius 3 is 2.43 bits per heavy atom.